The molecule has 0 aliphatic carbocycles. The van der Waals surface area contributed by atoms with E-state index in [1.54, 1.807) is 0 Å². The number of ether oxygens (including phenoxy) is 4. The smallest absolute Gasteiger partial charge is 0.231 e. The molecule has 7 nitrogen and oxygen atoms in total. The molecule has 0 unspecified atom stereocenters. The van der Waals surface area contributed by atoms with Crippen molar-refractivity contribution < 1.29 is 18.9 Å². The van der Waals surface area contributed by atoms with Crippen molar-refractivity contribution in [3.05, 3.63) is 47.5 Å². The lowest BCUT2D eigenvalue weighted by atomic mass is 10.0. The molecule has 0 spiro atoms. The minimum Gasteiger partial charge on any atom is -0.454 e. The first-order valence-corrected chi connectivity index (χ1v) is 11.8. The van der Waals surface area contributed by atoms with Crippen molar-refractivity contribution in [2.24, 2.45) is 0 Å². The molecule has 7 heteroatoms. The van der Waals surface area contributed by atoms with Gasteiger partial charge in [0.15, 0.2) is 23.0 Å². The SMILES string of the molecule is c1cc(CN2CCC[C@@H](N3CCN(Cc4ccc5c(c4)OCO5)CC3)C2)c2c(c1)OCO2. The van der Waals surface area contributed by atoms with Crippen LogP contribution in [0.4, 0.5) is 0 Å². The molecule has 0 bridgehead atoms. The molecule has 0 saturated carbocycles. The predicted octanol–water partition coefficient (Wildman–Crippen LogP) is 2.93. The molecular formula is C25H31N3O4. The van der Waals surface area contributed by atoms with E-state index in [9.17, 15) is 0 Å². The second-order valence-electron chi connectivity index (χ2n) is 9.18. The first kappa shape index (κ1) is 20.1. The van der Waals surface area contributed by atoms with Gasteiger partial charge in [-0.05, 0) is 43.1 Å². The van der Waals surface area contributed by atoms with Crippen LogP contribution in [0.15, 0.2) is 36.4 Å². The van der Waals surface area contributed by atoms with E-state index >= 15 is 0 Å². The van der Waals surface area contributed by atoms with E-state index < -0.39 is 0 Å². The quantitative estimate of drug-likeness (QED) is 0.713. The Balaban J connectivity index is 1.02. The second-order valence-corrected chi connectivity index (χ2v) is 9.18. The Morgan fingerprint density at radius 3 is 2.53 bits per heavy atom. The van der Waals surface area contributed by atoms with Gasteiger partial charge in [-0.3, -0.25) is 14.7 Å². The molecule has 4 aliphatic heterocycles. The maximum Gasteiger partial charge on any atom is 0.231 e. The van der Waals surface area contributed by atoms with Crippen LogP contribution in [0.25, 0.3) is 0 Å². The fourth-order valence-corrected chi connectivity index (χ4v) is 5.41. The highest BCUT2D eigenvalue weighted by Crippen LogP contribution is 2.36. The van der Waals surface area contributed by atoms with Crippen LogP contribution in [-0.2, 0) is 13.1 Å². The molecule has 2 fully saturated rings. The average molecular weight is 438 g/mol. The zero-order chi connectivity index (χ0) is 21.3. The Labute approximate surface area is 189 Å². The fraction of sp³-hybridized carbons (Fsp3) is 0.520. The van der Waals surface area contributed by atoms with Crippen molar-refractivity contribution in [1.29, 1.82) is 0 Å². The normalized spacial score (nSPS) is 23.6. The number of hydrogen-bond acceptors (Lipinski definition) is 7. The van der Waals surface area contributed by atoms with Crippen LogP contribution in [0.3, 0.4) is 0 Å². The monoisotopic (exact) mass is 437 g/mol. The number of piperazine rings is 1. The fourth-order valence-electron chi connectivity index (χ4n) is 5.41. The van der Waals surface area contributed by atoms with E-state index in [2.05, 4.69) is 39.0 Å². The molecule has 32 heavy (non-hydrogen) atoms. The number of fused-ring (bicyclic) bond motifs is 2. The highest BCUT2D eigenvalue weighted by molar-refractivity contribution is 5.48. The summed E-state index contributed by atoms with van der Waals surface area (Å²) < 4.78 is 22.2. The molecule has 2 aromatic carbocycles. The van der Waals surface area contributed by atoms with Gasteiger partial charge in [0.25, 0.3) is 0 Å². The minimum absolute atomic E-state index is 0.337. The highest BCUT2D eigenvalue weighted by atomic mass is 16.7. The topological polar surface area (TPSA) is 46.6 Å². The molecule has 170 valence electrons. The van der Waals surface area contributed by atoms with Gasteiger partial charge in [-0.15, -0.1) is 0 Å². The van der Waals surface area contributed by atoms with Gasteiger partial charge in [0.1, 0.15) is 0 Å². The molecule has 0 aromatic heterocycles. The van der Waals surface area contributed by atoms with E-state index in [0.717, 1.165) is 75.4 Å². The molecule has 4 aliphatic rings. The van der Waals surface area contributed by atoms with Gasteiger partial charge in [-0.25, -0.2) is 0 Å². The van der Waals surface area contributed by atoms with Crippen LogP contribution in [0, 0.1) is 0 Å². The van der Waals surface area contributed by atoms with Gasteiger partial charge >= 0.3 is 0 Å². The number of likely N-dealkylation sites (tertiary alicyclic amines) is 1. The Bertz CT molecular complexity index is 960. The van der Waals surface area contributed by atoms with Crippen molar-refractivity contribution in [2.75, 3.05) is 52.9 Å². The molecule has 2 aromatic rings. The summed E-state index contributed by atoms with van der Waals surface area (Å²) >= 11 is 0. The Morgan fingerprint density at radius 1 is 0.750 bits per heavy atom. The average Bonchev–Trinajstić information content (AvgIpc) is 3.49. The van der Waals surface area contributed by atoms with E-state index in [0.29, 0.717) is 19.6 Å². The third kappa shape index (κ3) is 4.12. The second kappa shape index (κ2) is 8.81. The number of nitrogens with zero attached hydrogens (tertiary/aromatic N) is 3. The van der Waals surface area contributed by atoms with Crippen molar-refractivity contribution >= 4 is 0 Å². The molecule has 1 atom stereocenters. The Morgan fingerprint density at radius 2 is 1.59 bits per heavy atom. The summed E-state index contributed by atoms with van der Waals surface area (Å²) in [5, 5.41) is 0. The molecular weight excluding hydrogens is 406 g/mol. The zero-order valence-corrected chi connectivity index (χ0v) is 18.5. The maximum atomic E-state index is 5.72. The lowest BCUT2D eigenvalue weighted by Gasteiger charge is -2.43. The van der Waals surface area contributed by atoms with Crippen LogP contribution in [-0.4, -0.2) is 73.6 Å². The van der Waals surface area contributed by atoms with Crippen LogP contribution >= 0.6 is 0 Å². The van der Waals surface area contributed by atoms with E-state index in [1.807, 2.05) is 12.1 Å². The molecule has 0 N–H and O–H groups in total. The van der Waals surface area contributed by atoms with Gasteiger partial charge in [0, 0.05) is 57.4 Å². The van der Waals surface area contributed by atoms with Crippen molar-refractivity contribution in [2.45, 2.75) is 32.0 Å². The molecule has 0 amide bonds. The third-order valence-electron chi connectivity index (χ3n) is 7.12. The third-order valence-corrected chi connectivity index (χ3v) is 7.12. The molecule has 4 heterocycles. The number of para-hydroxylation sites is 1. The maximum absolute atomic E-state index is 5.72. The first-order valence-electron chi connectivity index (χ1n) is 11.8. The van der Waals surface area contributed by atoms with Gasteiger partial charge in [0.05, 0.1) is 0 Å². The first-order chi connectivity index (χ1) is 15.8. The lowest BCUT2D eigenvalue weighted by Crippen LogP contribution is -2.54. The molecule has 6 rings (SSSR count). The van der Waals surface area contributed by atoms with Crippen molar-refractivity contribution in [1.82, 2.24) is 14.7 Å². The largest absolute Gasteiger partial charge is 0.454 e. The standard InChI is InChI=1S/C25H31N3O4/c1-3-20(25-23(5-1)30-18-32-25)15-27-8-2-4-21(16-27)28-11-9-26(10-12-28)14-19-6-7-22-24(13-19)31-17-29-22/h1,3,5-7,13,21H,2,4,8-12,14-18H2/t21-/m1/s1. The summed E-state index contributed by atoms with van der Waals surface area (Å²) in [4.78, 5) is 7.85. The van der Waals surface area contributed by atoms with Crippen LogP contribution in [0.2, 0.25) is 0 Å². The van der Waals surface area contributed by atoms with E-state index in [-0.39, 0.29) is 0 Å². The number of hydrogen-bond donors (Lipinski definition) is 0. The minimum atomic E-state index is 0.337. The van der Waals surface area contributed by atoms with Crippen LogP contribution in [0.1, 0.15) is 24.0 Å². The number of rotatable bonds is 5. The summed E-state index contributed by atoms with van der Waals surface area (Å²) in [6.45, 7) is 9.38. The number of benzene rings is 2. The Hall–Kier alpha value is -2.48. The summed E-state index contributed by atoms with van der Waals surface area (Å²) in [5.74, 6) is 3.56. The molecule has 0 radical (unpaired) electrons. The summed E-state index contributed by atoms with van der Waals surface area (Å²) in [5.41, 5.74) is 2.54. The van der Waals surface area contributed by atoms with Gasteiger partial charge in [-0.1, -0.05) is 18.2 Å². The highest BCUT2D eigenvalue weighted by Gasteiger charge is 2.29. The van der Waals surface area contributed by atoms with Crippen LogP contribution in [0.5, 0.6) is 23.0 Å². The van der Waals surface area contributed by atoms with Crippen molar-refractivity contribution in [3.63, 3.8) is 0 Å². The summed E-state index contributed by atoms with van der Waals surface area (Å²) in [7, 11) is 0. The predicted molar refractivity (Wildman–Crippen MR) is 120 cm³/mol. The lowest BCUT2D eigenvalue weighted by molar-refractivity contribution is 0.0474. The Kier molecular flexibility index (Phi) is 5.55. The number of piperidine rings is 1. The van der Waals surface area contributed by atoms with Gasteiger partial charge in [0.2, 0.25) is 13.6 Å². The van der Waals surface area contributed by atoms with E-state index in [1.165, 1.54) is 24.0 Å². The zero-order valence-electron chi connectivity index (χ0n) is 18.5. The van der Waals surface area contributed by atoms with Crippen molar-refractivity contribution in [3.8, 4) is 23.0 Å². The van der Waals surface area contributed by atoms with Gasteiger partial charge in [-0.2, -0.15) is 0 Å². The summed E-state index contributed by atoms with van der Waals surface area (Å²) in [6, 6.07) is 13.2. The summed E-state index contributed by atoms with van der Waals surface area (Å²) in [6.07, 6.45) is 2.56. The van der Waals surface area contributed by atoms with Crippen LogP contribution < -0.4 is 18.9 Å². The van der Waals surface area contributed by atoms with E-state index in [4.69, 9.17) is 18.9 Å². The molecule has 2 saturated heterocycles. The van der Waals surface area contributed by atoms with Gasteiger partial charge < -0.3 is 18.9 Å².